The average Bonchev–Trinajstić information content (AvgIpc) is 2.30. The Morgan fingerprint density at radius 2 is 1.71 bits per heavy atom. The SMILES string of the molecule is CCC(CC)(C(=O)O)N1CC2(CCCCC2)C1. The largest absolute Gasteiger partial charge is 0.480 e. The second-order valence-corrected chi connectivity index (χ2v) is 5.96. The molecule has 3 nitrogen and oxygen atoms in total. The van der Waals surface area contributed by atoms with Gasteiger partial charge in [0, 0.05) is 13.1 Å². The molecule has 2 fully saturated rings. The second-order valence-electron chi connectivity index (χ2n) is 5.96. The van der Waals surface area contributed by atoms with E-state index >= 15 is 0 Å². The summed E-state index contributed by atoms with van der Waals surface area (Å²) in [4.78, 5) is 13.8. The molecular weight excluding hydrogens is 214 g/mol. The van der Waals surface area contributed by atoms with E-state index < -0.39 is 11.5 Å². The molecule has 0 radical (unpaired) electrons. The standard InChI is InChI=1S/C14H25NO2/c1-3-14(4-2,12(16)17)15-10-13(11-15)8-6-5-7-9-13/h3-11H2,1-2H3,(H,16,17). The van der Waals surface area contributed by atoms with Crippen LogP contribution in [0.3, 0.4) is 0 Å². The van der Waals surface area contributed by atoms with E-state index in [0.29, 0.717) is 5.41 Å². The van der Waals surface area contributed by atoms with Gasteiger partial charge in [-0.05, 0) is 31.1 Å². The average molecular weight is 239 g/mol. The van der Waals surface area contributed by atoms with Crippen molar-refractivity contribution in [3.05, 3.63) is 0 Å². The summed E-state index contributed by atoms with van der Waals surface area (Å²) in [5, 5.41) is 9.50. The van der Waals surface area contributed by atoms with E-state index in [4.69, 9.17) is 0 Å². The Kier molecular flexibility index (Phi) is 3.48. The molecule has 0 aromatic rings. The van der Waals surface area contributed by atoms with Gasteiger partial charge in [-0.3, -0.25) is 9.69 Å². The van der Waals surface area contributed by atoms with Gasteiger partial charge in [0.05, 0.1) is 0 Å². The Morgan fingerprint density at radius 3 is 2.12 bits per heavy atom. The molecule has 3 heteroatoms. The molecule has 1 spiro atoms. The van der Waals surface area contributed by atoms with Gasteiger partial charge >= 0.3 is 5.97 Å². The highest BCUT2D eigenvalue weighted by molar-refractivity contribution is 5.78. The number of rotatable bonds is 4. The van der Waals surface area contributed by atoms with Crippen molar-refractivity contribution in [1.82, 2.24) is 4.90 Å². The highest BCUT2D eigenvalue weighted by Gasteiger charge is 2.53. The van der Waals surface area contributed by atoms with Gasteiger partial charge in [-0.1, -0.05) is 33.1 Å². The fraction of sp³-hybridized carbons (Fsp3) is 0.929. The summed E-state index contributed by atoms with van der Waals surface area (Å²) in [5.74, 6) is -0.631. The van der Waals surface area contributed by atoms with Crippen LogP contribution in [0.1, 0.15) is 58.8 Å². The van der Waals surface area contributed by atoms with Crippen molar-refractivity contribution in [1.29, 1.82) is 0 Å². The van der Waals surface area contributed by atoms with E-state index in [9.17, 15) is 9.90 Å². The van der Waals surface area contributed by atoms with E-state index in [1.807, 2.05) is 13.8 Å². The zero-order valence-corrected chi connectivity index (χ0v) is 11.2. The topological polar surface area (TPSA) is 40.5 Å². The molecule has 0 aromatic heterocycles. The molecule has 1 N–H and O–H groups in total. The Hall–Kier alpha value is -0.570. The van der Waals surface area contributed by atoms with Crippen LogP contribution in [0.5, 0.6) is 0 Å². The van der Waals surface area contributed by atoms with Crippen molar-refractivity contribution >= 4 is 5.97 Å². The minimum absolute atomic E-state index is 0.475. The van der Waals surface area contributed by atoms with Crippen molar-refractivity contribution in [2.75, 3.05) is 13.1 Å². The number of carboxylic acid groups (broad SMARTS) is 1. The normalized spacial score (nSPS) is 24.6. The second kappa shape index (κ2) is 4.60. The predicted octanol–water partition coefficient (Wildman–Crippen LogP) is 2.90. The minimum Gasteiger partial charge on any atom is -0.480 e. The fourth-order valence-electron chi connectivity index (χ4n) is 3.82. The first-order valence-corrected chi connectivity index (χ1v) is 7.07. The first-order chi connectivity index (χ1) is 8.08. The van der Waals surface area contributed by atoms with Crippen molar-refractivity contribution in [2.45, 2.75) is 64.3 Å². The van der Waals surface area contributed by atoms with Crippen LogP contribution in [-0.2, 0) is 4.79 Å². The van der Waals surface area contributed by atoms with Crippen molar-refractivity contribution in [2.24, 2.45) is 5.41 Å². The number of aliphatic carboxylic acids is 1. The summed E-state index contributed by atoms with van der Waals surface area (Å²) in [6.07, 6.45) is 8.11. The zero-order chi connectivity index (χ0) is 12.5. The summed E-state index contributed by atoms with van der Waals surface area (Å²) in [7, 11) is 0. The maximum Gasteiger partial charge on any atom is 0.324 e. The molecule has 1 saturated heterocycles. The number of hydrogen-bond donors (Lipinski definition) is 1. The van der Waals surface area contributed by atoms with E-state index in [2.05, 4.69) is 4.90 Å². The molecule has 0 atom stereocenters. The first kappa shape index (κ1) is 12.9. The number of carbonyl (C=O) groups is 1. The lowest BCUT2D eigenvalue weighted by Crippen LogP contribution is -2.68. The lowest BCUT2D eigenvalue weighted by atomic mass is 9.66. The van der Waals surface area contributed by atoms with Crippen LogP contribution in [-0.4, -0.2) is 34.6 Å². The van der Waals surface area contributed by atoms with Gasteiger partial charge in [-0.25, -0.2) is 0 Å². The summed E-state index contributed by atoms with van der Waals surface area (Å²) in [6.45, 7) is 6.04. The lowest BCUT2D eigenvalue weighted by Gasteiger charge is -2.58. The van der Waals surface area contributed by atoms with Crippen LogP contribution in [0.2, 0.25) is 0 Å². The minimum atomic E-state index is -0.631. The van der Waals surface area contributed by atoms with Crippen LogP contribution in [0, 0.1) is 5.41 Å². The smallest absolute Gasteiger partial charge is 0.324 e. The van der Waals surface area contributed by atoms with Crippen molar-refractivity contribution in [3.63, 3.8) is 0 Å². The molecule has 2 rings (SSSR count). The molecule has 98 valence electrons. The molecule has 1 heterocycles. The Balaban J connectivity index is 2.03. The molecule has 0 aromatic carbocycles. The van der Waals surface area contributed by atoms with E-state index in [1.165, 1.54) is 32.1 Å². The van der Waals surface area contributed by atoms with Crippen LogP contribution in [0.25, 0.3) is 0 Å². The molecule has 0 unspecified atom stereocenters. The first-order valence-electron chi connectivity index (χ1n) is 7.07. The number of likely N-dealkylation sites (tertiary alicyclic amines) is 1. The lowest BCUT2D eigenvalue weighted by molar-refractivity contribution is -0.167. The highest BCUT2D eigenvalue weighted by atomic mass is 16.4. The molecule has 0 amide bonds. The molecular formula is C14H25NO2. The van der Waals surface area contributed by atoms with Gasteiger partial charge < -0.3 is 5.11 Å². The Bertz CT molecular complexity index is 283. The van der Waals surface area contributed by atoms with Gasteiger partial charge in [0.15, 0.2) is 0 Å². The van der Waals surface area contributed by atoms with Gasteiger partial charge in [0.1, 0.15) is 5.54 Å². The summed E-state index contributed by atoms with van der Waals surface area (Å²) < 4.78 is 0. The third-order valence-electron chi connectivity index (χ3n) is 5.14. The third-order valence-corrected chi connectivity index (χ3v) is 5.14. The van der Waals surface area contributed by atoms with Crippen LogP contribution >= 0.6 is 0 Å². The van der Waals surface area contributed by atoms with Gasteiger partial charge in [0.2, 0.25) is 0 Å². The predicted molar refractivity (Wildman–Crippen MR) is 68.0 cm³/mol. The van der Waals surface area contributed by atoms with Gasteiger partial charge in [0.25, 0.3) is 0 Å². The molecule has 1 saturated carbocycles. The molecule has 1 aliphatic carbocycles. The number of carboxylic acids is 1. The molecule has 1 aliphatic heterocycles. The van der Waals surface area contributed by atoms with Crippen LogP contribution in [0.4, 0.5) is 0 Å². The Morgan fingerprint density at radius 1 is 1.18 bits per heavy atom. The summed E-state index contributed by atoms with van der Waals surface area (Å²) in [6, 6.07) is 0. The Labute approximate surface area is 104 Å². The van der Waals surface area contributed by atoms with Crippen LogP contribution in [0.15, 0.2) is 0 Å². The number of nitrogens with zero attached hydrogens (tertiary/aromatic N) is 1. The van der Waals surface area contributed by atoms with Gasteiger partial charge in [-0.15, -0.1) is 0 Å². The molecule has 2 aliphatic rings. The fourth-order valence-corrected chi connectivity index (χ4v) is 3.82. The monoisotopic (exact) mass is 239 g/mol. The maximum absolute atomic E-state index is 11.5. The number of hydrogen-bond acceptors (Lipinski definition) is 2. The van der Waals surface area contributed by atoms with Crippen molar-refractivity contribution < 1.29 is 9.90 Å². The molecule has 0 bridgehead atoms. The molecule has 17 heavy (non-hydrogen) atoms. The highest BCUT2D eigenvalue weighted by Crippen LogP contribution is 2.47. The summed E-state index contributed by atoms with van der Waals surface area (Å²) in [5.41, 5.74) is -0.119. The van der Waals surface area contributed by atoms with Gasteiger partial charge in [-0.2, -0.15) is 0 Å². The van der Waals surface area contributed by atoms with Crippen molar-refractivity contribution in [3.8, 4) is 0 Å². The maximum atomic E-state index is 11.5. The third kappa shape index (κ3) is 1.99. The summed E-state index contributed by atoms with van der Waals surface area (Å²) >= 11 is 0. The van der Waals surface area contributed by atoms with E-state index in [0.717, 1.165) is 25.9 Å². The van der Waals surface area contributed by atoms with E-state index in [1.54, 1.807) is 0 Å². The van der Waals surface area contributed by atoms with E-state index in [-0.39, 0.29) is 0 Å². The van der Waals surface area contributed by atoms with Crippen LogP contribution < -0.4 is 0 Å². The quantitative estimate of drug-likeness (QED) is 0.820. The zero-order valence-electron chi connectivity index (χ0n) is 11.2.